The van der Waals surface area contributed by atoms with E-state index >= 15 is 0 Å². The fourth-order valence-corrected chi connectivity index (χ4v) is 2.72. The van der Waals surface area contributed by atoms with Gasteiger partial charge in [0.15, 0.2) is 5.65 Å². The fraction of sp³-hybridized carbons (Fsp3) is 0.278. The summed E-state index contributed by atoms with van der Waals surface area (Å²) in [5, 5.41) is 12.3. The summed E-state index contributed by atoms with van der Waals surface area (Å²) in [5.74, 6) is 1.07. The molecule has 0 saturated carbocycles. The molecule has 1 aromatic carbocycles. The van der Waals surface area contributed by atoms with Crippen LogP contribution in [0.2, 0.25) is 0 Å². The van der Waals surface area contributed by atoms with Crippen molar-refractivity contribution in [2.75, 3.05) is 0 Å². The SMILES string of the molecule is CC(C)Cc1cc2nc(Cc3ccccc3)[nH]n2c(=O)c1C#N. The van der Waals surface area contributed by atoms with Crippen molar-refractivity contribution in [2.45, 2.75) is 26.7 Å². The van der Waals surface area contributed by atoms with Crippen LogP contribution in [-0.4, -0.2) is 14.6 Å². The van der Waals surface area contributed by atoms with Crippen molar-refractivity contribution in [3.63, 3.8) is 0 Å². The maximum absolute atomic E-state index is 12.5. The molecule has 2 aromatic heterocycles. The molecule has 2 heterocycles. The fourth-order valence-electron chi connectivity index (χ4n) is 2.72. The number of aromatic amines is 1. The molecule has 0 fully saturated rings. The van der Waals surface area contributed by atoms with Gasteiger partial charge in [-0.1, -0.05) is 44.2 Å². The molecule has 0 unspecified atom stereocenters. The molecule has 3 aromatic rings. The van der Waals surface area contributed by atoms with Crippen molar-refractivity contribution in [3.8, 4) is 6.07 Å². The maximum Gasteiger partial charge on any atom is 0.289 e. The lowest BCUT2D eigenvalue weighted by Crippen LogP contribution is -2.20. The Morgan fingerprint density at radius 1 is 1.30 bits per heavy atom. The number of nitriles is 1. The van der Waals surface area contributed by atoms with Crippen LogP contribution in [-0.2, 0) is 12.8 Å². The minimum atomic E-state index is -0.326. The first-order chi connectivity index (χ1) is 11.1. The Hall–Kier alpha value is -2.87. The molecule has 0 aliphatic carbocycles. The van der Waals surface area contributed by atoms with Gasteiger partial charge in [0, 0.05) is 6.42 Å². The monoisotopic (exact) mass is 306 g/mol. The van der Waals surface area contributed by atoms with E-state index in [-0.39, 0.29) is 11.1 Å². The molecule has 0 aliphatic rings. The topological polar surface area (TPSA) is 74.0 Å². The van der Waals surface area contributed by atoms with Gasteiger partial charge in [0.2, 0.25) is 0 Å². The summed E-state index contributed by atoms with van der Waals surface area (Å²) >= 11 is 0. The van der Waals surface area contributed by atoms with Crippen molar-refractivity contribution in [2.24, 2.45) is 5.92 Å². The van der Waals surface area contributed by atoms with Crippen LogP contribution in [0.3, 0.4) is 0 Å². The minimum Gasteiger partial charge on any atom is -0.276 e. The molecule has 0 radical (unpaired) electrons. The molecule has 0 saturated heterocycles. The molecule has 0 amide bonds. The van der Waals surface area contributed by atoms with Gasteiger partial charge in [-0.25, -0.2) is 4.98 Å². The number of nitrogens with zero attached hydrogens (tertiary/aromatic N) is 3. The van der Waals surface area contributed by atoms with E-state index in [2.05, 4.69) is 23.9 Å². The minimum absolute atomic E-state index is 0.200. The summed E-state index contributed by atoms with van der Waals surface area (Å²) < 4.78 is 1.36. The van der Waals surface area contributed by atoms with Gasteiger partial charge in [0.05, 0.1) is 0 Å². The van der Waals surface area contributed by atoms with E-state index in [9.17, 15) is 10.1 Å². The Kier molecular flexibility index (Phi) is 3.98. The van der Waals surface area contributed by atoms with Crippen LogP contribution in [0, 0.1) is 17.2 Å². The Morgan fingerprint density at radius 3 is 2.70 bits per heavy atom. The largest absolute Gasteiger partial charge is 0.289 e. The number of H-pyrrole nitrogens is 1. The van der Waals surface area contributed by atoms with Gasteiger partial charge in [0.1, 0.15) is 17.5 Å². The number of benzene rings is 1. The van der Waals surface area contributed by atoms with Crippen molar-refractivity contribution in [1.29, 1.82) is 5.26 Å². The van der Waals surface area contributed by atoms with Crippen LogP contribution in [0.1, 0.15) is 36.4 Å². The van der Waals surface area contributed by atoms with Gasteiger partial charge in [-0.2, -0.15) is 9.78 Å². The number of nitrogens with one attached hydrogen (secondary N) is 1. The number of pyridine rings is 1. The normalized spacial score (nSPS) is 11.0. The first-order valence-electron chi connectivity index (χ1n) is 7.66. The van der Waals surface area contributed by atoms with E-state index in [0.717, 1.165) is 11.1 Å². The highest BCUT2D eigenvalue weighted by Gasteiger charge is 2.14. The van der Waals surface area contributed by atoms with Crippen LogP contribution in [0.5, 0.6) is 0 Å². The maximum atomic E-state index is 12.5. The molecule has 1 N–H and O–H groups in total. The van der Waals surface area contributed by atoms with Gasteiger partial charge in [-0.3, -0.25) is 9.89 Å². The highest BCUT2D eigenvalue weighted by Crippen LogP contribution is 2.14. The molecule has 3 rings (SSSR count). The molecular formula is C18H18N4O. The molecule has 23 heavy (non-hydrogen) atoms. The first-order valence-corrected chi connectivity index (χ1v) is 7.66. The van der Waals surface area contributed by atoms with Crippen LogP contribution in [0.15, 0.2) is 41.2 Å². The standard InChI is InChI=1S/C18H18N4O/c1-12(2)8-14-10-17-20-16(9-13-6-4-3-5-7-13)21-22(17)18(23)15(14)11-19/h3-7,10,12H,8-9H2,1-2H3,(H,20,21). The summed E-state index contributed by atoms with van der Waals surface area (Å²) in [5.41, 5.74) is 2.32. The Labute approximate surface area is 134 Å². The predicted molar refractivity (Wildman–Crippen MR) is 88.3 cm³/mol. The summed E-state index contributed by atoms with van der Waals surface area (Å²) in [6.45, 7) is 4.13. The number of hydrogen-bond acceptors (Lipinski definition) is 3. The highest BCUT2D eigenvalue weighted by molar-refractivity contribution is 5.48. The van der Waals surface area contributed by atoms with Gasteiger partial charge < -0.3 is 0 Å². The summed E-state index contributed by atoms with van der Waals surface area (Å²) in [4.78, 5) is 17.0. The summed E-state index contributed by atoms with van der Waals surface area (Å²) in [7, 11) is 0. The van der Waals surface area contributed by atoms with Crippen LogP contribution in [0.25, 0.3) is 5.65 Å². The molecule has 5 nitrogen and oxygen atoms in total. The zero-order valence-electron chi connectivity index (χ0n) is 13.2. The van der Waals surface area contributed by atoms with Gasteiger partial charge in [-0.15, -0.1) is 0 Å². The third-order valence-electron chi connectivity index (χ3n) is 3.72. The number of hydrogen-bond donors (Lipinski definition) is 1. The van der Waals surface area contributed by atoms with Crippen LogP contribution < -0.4 is 5.56 Å². The number of fused-ring (bicyclic) bond motifs is 1. The molecule has 116 valence electrons. The Morgan fingerprint density at radius 2 is 2.04 bits per heavy atom. The lowest BCUT2D eigenvalue weighted by Gasteiger charge is -2.06. The Bertz CT molecular complexity index is 929. The van der Waals surface area contributed by atoms with Crippen molar-refractivity contribution >= 4 is 5.65 Å². The Balaban J connectivity index is 2.07. The van der Waals surface area contributed by atoms with E-state index in [0.29, 0.717) is 30.2 Å². The zero-order valence-corrected chi connectivity index (χ0v) is 13.2. The summed E-state index contributed by atoms with van der Waals surface area (Å²) in [6.07, 6.45) is 1.30. The lowest BCUT2D eigenvalue weighted by atomic mass is 10.00. The zero-order chi connectivity index (χ0) is 16.4. The molecule has 5 heteroatoms. The van der Waals surface area contributed by atoms with E-state index in [1.54, 1.807) is 0 Å². The number of rotatable bonds is 4. The predicted octanol–water partition coefficient (Wildman–Crippen LogP) is 2.68. The third kappa shape index (κ3) is 3.02. The van der Waals surface area contributed by atoms with Crippen LogP contribution in [0.4, 0.5) is 0 Å². The quantitative estimate of drug-likeness (QED) is 0.805. The lowest BCUT2D eigenvalue weighted by molar-refractivity contribution is 0.644. The van der Waals surface area contributed by atoms with Gasteiger partial charge in [0.25, 0.3) is 5.56 Å². The average molecular weight is 306 g/mol. The molecule has 0 bridgehead atoms. The van der Waals surface area contributed by atoms with E-state index in [4.69, 9.17) is 0 Å². The van der Waals surface area contributed by atoms with E-state index < -0.39 is 0 Å². The highest BCUT2D eigenvalue weighted by atomic mass is 16.1. The van der Waals surface area contributed by atoms with Crippen molar-refractivity contribution < 1.29 is 0 Å². The second kappa shape index (κ2) is 6.09. The second-order valence-corrected chi connectivity index (χ2v) is 6.09. The second-order valence-electron chi connectivity index (χ2n) is 6.09. The average Bonchev–Trinajstić information content (AvgIpc) is 2.91. The first kappa shape index (κ1) is 15.0. The van der Waals surface area contributed by atoms with Gasteiger partial charge in [-0.05, 0) is 29.5 Å². The van der Waals surface area contributed by atoms with E-state index in [1.165, 1.54) is 4.52 Å². The molecule has 0 atom stereocenters. The van der Waals surface area contributed by atoms with Crippen molar-refractivity contribution in [1.82, 2.24) is 14.6 Å². The third-order valence-corrected chi connectivity index (χ3v) is 3.72. The van der Waals surface area contributed by atoms with Gasteiger partial charge >= 0.3 is 0 Å². The summed E-state index contributed by atoms with van der Waals surface area (Å²) in [6, 6.07) is 13.8. The van der Waals surface area contributed by atoms with Crippen molar-refractivity contribution in [3.05, 3.63) is 69.3 Å². The smallest absolute Gasteiger partial charge is 0.276 e. The van der Waals surface area contributed by atoms with Crippen LogP contribution >= 0.6 is 0 Å². The molecule has 0 spiro atoms. The molecular weight excluding hydrogens is 288 g/mol. The molecule has 0 aliphatic heterocycles. The van der Waals surface area contributed by atoms with E-state index in [1.807, 2.05) is 42.5 Å². The number of aromatic nitrogens is 3.